The lowest BCUT2D eigenvalue weighted by Gasteiger charge is -2.60. The molecule has 2 unspecified atom stereocenters. The van der Waals surface area contributed by atoms with Gasteiger partial charge in [0, 0.05) is 4.32 Å². The van der Waals surface area contributed by atoms with E-state index in [1.54, 1.807) is 0 Å². The number of alkyl halides is 1. The van der Waals surface area contributed by atoms with Crippen molar-refractivity contribution in [1.82, 2.24) is 0 Å². The van der Waals surface area contributed by atoms with Gasteiger partial charge in [-0.25, -0.2) is 0 Å². The van der Waals surface area contributed by atoms with Crippen molar-refractivity contribution >= 4 is 21.9 Å². The average Bonchev–Trinajstić information content (AvgIpc) is 2.11. The van der Waals surface area contributed by atoms with E-state index in [1.165, 1.54) is 38.5 Å². The van der Waals surface area contributed by atoms with Crippen LogP contribution in [-0.2, 0) is 9.53 Å². The van der Waals surface area contributed by atoms with E-state index in [2.05, 4.69) is 15.9 Å². The maximum absolute atomic E-state index is 11.8. The van der Waals surface area contributed by atoms with E-state index in [1.807, 2.05) is 6.92 Å². The molecule has 96 valence electrons. The molecule has 4 aliphatic carbocycles. The van der Waals surface area contributed by atoms with Gasteiger partial charge in [0.1, 0.15) is 0 Å². The Bertz CT molecular complexity index is 325. The minimum atomic E-state index is 0.0190. The number of rotatable bonds is 3. The van der Waals surface area contributed by atoms with Crippen molar-refractivity contribution in [3.05, 3.63) is 0 Å². The summed E-state index contributed by atoms with van der Waals surface area (Å²) in [7, 11) is 0. The van der Waals surface area contributed by atoms with E-state index in [0.717, 1.165) is 11.8 Å². The Kier molecular flexibility index (Phi) is 2.81. The van der Waals surface area contributed by atoms with Crippen LogP contribution in [-0.4, -0.2) is 16.9 Å². The summed E-state index contributed by atoms with van der Waals surface area (Å²) < 4.78 is 5.51. The second-order valence-electron chi connectivity index (χ2n) is 6.59. The predicted molar refractivity (Wildman–Crippen MR) is 70.0 cm³/mol. The third kappa shape index (κ3) is 2.16. The van der Waals surface area contributed by atoms with Crippen molar-refractivity contribution in [3.63, 3.8) is 0 Å². The van der Waals surface area contributed by atoms with Crippen LogP contribution in [0.5, 0.6) is 0 Å². The fraction of sp³-hybridized carbons (Fsp3) is 0.929. The summed E-state index contributed by atoms with van der Waals surface area (Å²) >= 11 is 3.97. The molecule has 4 fully saturated rings. The average molecular weight is 301 g/mol. The molecule has 0 spiro atoms. The molecule has 3 heteroatoms. The highest BCUT2D eigenvalue weighted by atomic mass is 79.9. The summed E-state index contributed by atoms with van der Waals surface area (Å²) in [6.45, 7) is 2.41. The normalized spacial score (nSPS) is 47.2. The van der Waals surface area contributed by atoms with Gasteiger partial charge in [0.25, 0.3) is 0 Å². The first-order valence-corrected chi connectivity index (χ1v) is 7.66. The highest BCUT2D eigenvalue weighted by Gasteiger charge is 2.57. The third-order valence-corrected chi connectivity index (χ3v) is 5.86. The molecule has 0 aromatic rings. The van der Waals surface area contributed by atoms with Gasteiger partial charge in [0.15, 0.2) is 0 Å². The first-order valence-electron chi connectivity index (χ1n) is 6.87. The van der Waals surface area contributed by atoms with Gasteiger partial charge in [0.2, 0.25) is 0 Å². The van der Waals surface area contributed by atoms with Crippen molar-refractivity contribution in [3.8, 4) is 0 Å². The molecule has 0 N–H and O–H groups in total. The highest BCUT2D eigenvalue weighted by Crippen LogP contribution is 2.65. The molecular weight excluding hydrogens is 280 g/mol. The number of hydrogen-bond donors (Lipinski definition) is 0. The Morgan fingerprint density at radius 2 is 1.94 bits per heavy atom. The molecule has 0 radical (unpaired) electrons. The van der Waals surface area contributed by atoms with E-state index in [-0.39, 0.29) is 11.4 Å². The first kappa shape index (κ1) is 12.0. The molecule has 4 rings (SSSR count). The van der Waals surface area contributed by atoms with Crippen molar-refractivity contribution in [2.75, 3.05) is 6.61 Å². The molecule has 0 heterocycles. The van der Waals surface area contributed by atoms with Crippen molar-refractivity contribution < 1.29 is 9.53 Å². The number of carbonyl (C=O) groups excluding carboxylic acids is 1. The molecule has 4 saturated carbocycles. The van der Waals surface area contributed by atoms with E-state index in [4.69, 9.17) is 4.74 Å². The SMILES string of the molecule is CCOC(=O)CC12CC3CC(CC(Br)(C3)C1)C2. The smallest absolute Gasteiger partial charge is 0.306 e. The fourth-order valence-electron chi connectivity index (χ4n) is 5.06. The van der Waals surface area contributed by atoms with Gasteiger partial charge in [0.05, 0.1) is 13.0 Å². The Hall–Kier alpha value is -0.0500. The van der Waals surface area contributed by atoms with Crippen molar-refractivity contribution in [1.29, 1.82) is 0 Å². The maximum Gasteiger partial charge on any atom is 0.306 e. The predicted octanol–water partition coefficient (Wildman–Crippen LogP) is 3.67. The Morgan fingerprint density at radius 3 is 2.47 bits per heavy atom. The zero-order valence-electron chi connectivity index (χ0n) is 10.5. The van der Waals surface area contributed by atoms with E-state index >= 15 is 0 Å². The van der Waals surface area contributed by atoms with Gasteiger partial charge in [-0.1, -0.05) is 15.9 Å². The number of hydrogen-bond acceptors (Lipinski definition) is 2. The minimum absolute atomic E-state index is 0.0190. The lowest BCUT2D eigenvalue weighted by Crippen LogP contribution is -2.53. The molecule has 0 saturated heterocycles. The van der Waals surface area contributed by atoms with Gasteiger partial charge in [-0.3, -0.25) is 4.79 Å². The van der Waals surface area contributed by atoms with Crippen LogP contribution in [0.15, 0.2) is 0 Å². The van der Waals surface area contributed by atoms with Crippen LogP contribution in [0.25, 0.3) is 0 Å². The van der Waals surface area contributed by atoms with Gasteiger partial charge >= 0.3 is 5.97 Å². The van der Waals surface area contributed by atoms with E-state index in [9.17, 15) is 4.79 Å². The summed E-state index contributed by atoms with van der Waals surface area (Å²) in [6.07, 6.45) is 8.42. The summed E-state index contributed by atoms with van der Waals surface area (Å²) in [4.78, 5) is 11.8. The van der Waals surface area contributed by atoms with Crippen LogP contribution >= 0.6 is 15.9 Å². The summed E-state index contributed by atoms with van der Waals surface area (Å²) in [5, 5.41) is 0. The van der Waals surface area contributed by atoms with Crippen LogP contribution in [0.2, 0.25) is 0 Å². The zero-order valence-corrected chi connectivity index (χ0v) is 12.1. The maximum atomic E-state index is 11.8. The van der Waals surface area contributed by atoms with E-state index < -0.39 is 0 Å². The molecule has 0 aromatic carbocycles. The Labute approximate surface area is 112 Å². The van der Waals surface area contributed by atoms with Crippen LogP contribution in [0.4, 0.5) is 0 Å². The van der Waals surface area contributed by atoms with Crippen molar-refractivity contribution in [2.45, 2.75) is 56.2 Å². The van der Waals surface area contributed by atoms with Gasteiger partial charge in [-0.05, 0) is 62.7 Å². The number of esters is 1. The standard InChI is InChI=1S/C14H21BrO2/c1-2-17-12(16)8-13-4-10-3-11(5-13)7-14(15,6-10)9-13/h10-11H,2-9H2,1H3. The second-order valence-corrected chi connectivity index (χ2v) is 8.28. The lowest BCUT2D eigenvalue weighted by atomic mass is 9.49. The molecule has 0 aliphatic heterocycles. The number of halogens is 1. The van der Waals surface area contributed by atoms with Crippen LogP contribution < -0.4 is 0 Å². The lowest BCUT2D eigenvalue weighted by molar-refractivity contribution is -0.150. The van der Waals surface area contributed by atoms with Crippen molar-refractivity contribution in [2.24, 2.45) is 17.3 Å². The molecule has 0 aromatic heterocycles. The monoisotopic (exact) mass is 300 g/mol. The number of ether oxygens (including phenoxy) is 1. The fourth-order valence-corrected chi connectivity index (χ4v) is 6.57. The molecule has 0 amide bonds. The summed E-state index contributed by atoms with van der Waals surface area (Å²) in [6, 6.07) is 0. The summed E-state index contributed by atoms with van der Waals surface area (Å²) in [5.74, 6) is 1.72. The highest BCUT2D eigenvalue weighted by molar-refractivity contribution is 9.10. The third-order valence-electron chi connectivity index (χ3n) is 4.94. The molecule has 4 bridgehead atoms. The van der Waals surface area contributed by atoms with E-state index in [0.29, 0.717) is 17.4 Å². The minimum Gasteiger partial charge on any atom is -0.466 e. The van der Waals surface area contributed by atoms with Gasteiger partial charge in [-0.15, -0.1) is 0 Å². The largest absolute Gasteiger partial charge is 0.466 e. The first-order chi connectivity index (χ1) is 8.03. The Balaban J connectivity index is 1.76. The van der Waals surface area contributed by atoms with Crippen LogP contribution in [0.1, 0.15) is 51.9 Å². The molecule has 2 nitrogen and oxygen atoms in total. The molecule has 4 aliphatic rings. The number of carbonyl (C=O) groups is 1. The van der Waals surface area contributed by atoms with Gasteiger partial charge < -0.3 is 4.74 Å². The molecule has 2 atom stereocenters. The van der Waals surface area contributed by atoms with Gasteiger partial charge in [-0.2, -0.15) is 0 Å². The quantitative estimate of drug-likeness (QED) is 0.587. The van der Waals surface area contributed by atoms with Crippen LogP contribution in [0, 0.1) is 17.3 Å². The molecular formula is C14H21BrO2. The molecule has 17 heavy (non-hydrogen) atoms. The topological polar surface area (TPSA) is 26.3 Å². The Morgan fingerprint density at radius 1 is 1.29 bits per heavy atom. The van der Waals surface area contributed by atoms with Crippen LogP contribution in [0.3, 0.4) is 0 Å². The second kappa shape index (κ2) is 3.97. The zero-order chi connectivity index (χ0) is 12.1. The summed E-state index contributed by atoms with van der Waals surface area (Å²) in [5.41, 5.74) is 0.264.